The van der Waals surface area contributed by atoms with E-state index in [0.717, 1.165) is 12.2 Å². The third kappa shape index (κ3) is 7.52. The van der Waals surface area contributed by atoms with E-state index in [1.165, 1.54) is 34.7 Å². The topological polar surface area (TPSA) is 54.8 Å². The Kier molecular flexibility index (Phi) is 9.61. The zero-order valence-electron chi connectivity index (χ0n) is 20.7. The van der Waals surface area contributed by atoms with E-state index in [9.17, 15) is 14.0 Å². The van der Waals surface area contributed by atoms with Crippen LogP contribution in [0.2, 0.25) is 0 Å². The number of ether oxygens (including phenoxy) is 1. The number of nitrogens with zero attached hydrogens (tertiary/aromatic N) is 3. The fourth-order valence-corrected chi connectivity index (χ4v) is 3.94. The summed E-state index contributed by atoms with van der Waals surface area (Å²) < 4.78 is 20.6. The van der Waals surface area contributed by atoms with E-state index < -0.39 is 5.82 Å². The number of halogens is 1. The second-order valence-electron chi connectivity index (χ2n) is 8.81. The average Bonchev–Trinajstić information content (AvgIpc) is 3.29. The SMILES string of the molecule is COCCCN(CC(=O)N(Cc1cccn1Cc1ccccc1)C(C)C)C(=O)c1ccc(F)cc1. The van der Waals surface area contributed by atoms with Gasteiger partial charge in [-0.05, 0) is 62.2 Å². The lowest BCUT2D eigenvalue weighted by Crippen LogP contribution is -2.45. The quantitative estimate of drug-likeness (QED) is 0.357. The summed E-state index contributed by atoms with van der Waals surface area (Å²) >= 11 is 0. The highest BCUT2D eigenvalue weighted by molar-refractivity contribution is 5.96. The lowest BCUT2D eigenvalue weighted by atomic mass is 10.2. The van der Waals surface area contributed by atoms with Crippen LogP contribution in [0.4, 0.5) is 4.39 Å². The van der Waals surface area contributed by atoms with Crippen LogP contribution >= 0.6 is 0 Å². The average molecular weight is 480 g/mol. The van der Waals surface area contributed by atoms with Gasteiger partial charge in [0.25, 0.3) is 5.91 Å². The number of amides is 2. The first-order valence-corrected chi connectivity index (χ1v) is 11.9. The molecule has 0 fully saturated rings. The minimum absolute atomic E-state index is 0.0516. The molecule has 186 valence electrons. The zero-order chi connectivity index (χ0) is 25.2. The molecule has 0 aliphatic rings. The Labute approximate surface area is 206 Å². The van der Waals surface area contributed by atoms with Crippen LogP contribution in [0.25, 0.3) is 0 Å². The van der Waals surface area contributed by atoms with Crippen molar-refractivity contribution in [2.75, 3.05) is 26.8 Å². The molecular formula is C28H34FN3O3. The minimum Gasteiger partial charge on any atom is -0.385 e. The molecule has 0 spiro atoms. The van der Waals surface area contributed by atoms with Crippen LogP contribution in [-0.2, 0) is 22.6 Å². The summed E-state index contributed by atoms with van der Waals surface area (Å²) in [6, 6.07) is 19.5. The standard InChI is InChI=1S/C28H34FN3O3/c1-22(2)32(20-26-11-7-16-30(26)19-23-9-5-4-6-10-23)27(33)21-31(17-8-18-35-3)28(34)24-12-14-25(29)15-13-24/h4-7,9-16,22H,8,17-21H2,1-3H3. The van der Waals surface area contributed by atoms with Crippen LogP contribution < -0.4 is 0 Å². The molecule has 0 unspecified atom stereocenters. The van der Waals surface area contributed by atoms with Crippen molar-refractivity contribution in [1.29, 1.82) is 0 Å². The van der Waals surface area contributed by atoms with Gasteiger partial charge in [0.15, 0.2) is 0 Å². The van der Waals surface area contributed by atoms with Crippen molar-refractivity contribution in [2.45, 2.75) is 39.4 Å². The maximum atomic E-state index is 13.4. The number of carbonyl (C=O) groups excluding carboxylic acids is 2. The Balaban J connectivity index is 1.74. The van der Waals surface area contributed by atoms with E-state index >= 15 is 0 Å². The summed E-state index contributed by atoms with van der Waals surface area (Å²) in [5.41, 5.74) is 2.55. The monoisotopic (exact) mass is 479 g/mol. The molecular weight excluding hydrogens is 445 g/mol. The molecule has 1 aromatic heterocycles. The molecule has 7 heteroatoms. The number of methoxy groups -OCH3 is 1. The summed E-state index contributed by atoms with van der Waals surface area (Å²) in [4.78, 5) is 29.9. The Bertz CT molecular complexity index is 1080. The number of aromatic nitrogens is 1. The molecule has 3 aromatic rings. The highest BCUT2D eigenvalue weighted by atomic mass is 19.1. The summed E-state index contributed by atoms with van der Waals surface area (Å²) in [7, 11) is 1.60. The molecule has 0 saturated carbocycles. The first kappa shape index (κ1) is 26.2. The van der Waals surface area contributed by atoms with Crippen molar-refractivity contribution in [3.63, 3.8) is 0 Å². The van der Waals surface area contributed by atoms with Gasteiger partial charge in [-0.3, -0.25) is 9.59 Å². The van der Waals surface area contributed by atoms with Gasteiger partial charge in [-0.25, -0.2) is 4.39 Å². The fourth-order valence-electron chi connectivity index (χ4n) is 3.94. The second kappa shape index (κ2) is 12.9. The summed E-state index contributed by atoms with van der Waals surface area (Å²) in [6.07, 6.45) is 2.61. The molecule has 0 atom stereocenters. The van der Waals surface area contributed by atoms with Gasteiger partial charge in [0, 0.05) is 50.3 Å². The van der Waals surface area contributed by atoms with Crippen LogP contribution in [0.1, 0.15) is 41.9 Å². The minimum atomic E-state index is -0.409. The van der Waals surface area contributed by atoms with E-state index in [1.54, 1.807) is 12.0 Å². The normalized spacial score (nSPS) is 11.0. The molecule has 0 saturated heterocycles. The van der Waals surface area contributed by atoms with Crippen molar-refractivity contribution in [3.05, 3.63) is 95.6 Å². The van der Waals surface area contributed by atoms with E-state index in [2.05, 4.69) is 16.7 Å². The molecule has 0 N–H and O–H groups in total. The number of carbonyl (C=O) groups is 2. The highest BCUT2D eigenvalue weighted by Crippen LogP contribution is 2.15. The van der Waals surface area contributed by atoms with Crippen LogP contribution in [0.3, 0.4) is 0 Å². The molecule has 0 aliphatic carbocycles. The Morgan fingerprint density at radius 3 is 2.37 bits per heavy atom. The first-order valence-electron chi connectivity index (χ1n) is 11.9. The van der Waals surface area contributed by atoms with Crippen LogP contribution in [0.15, 0.2) is 72.9 Å². The van der Waals surface area contributed by atoms with Crippen molar-refractivity contribution in [2.24, 2.45) is 0 Å². The molecule has 0 bridgehead atoms. The van der Waals surface area contributed by atoms with E-state index in [1.807, 2.05) is 50.4 Å². The Morgan fingerprint density at radius 1 is 1.00 bits per heavy atom. The second-order valence-corrected chi connectivity index (χ2v) is 8.81. The molecule has 1 heterocycles. The van der Waals surface area contributed by atoms with Gasteiger partial charge >= 0.3 is 0 Å². The van der Waals surface area contributed by atoms with Crippen molar-refractivity contribution in [1.82, 2.24) is 14.4 Å². The lowest BCUT2D eigenvalue weighted by molar-refractivity contribution is -0.134. The summed E-state index contributed by atoms with van der Waals surface area (Å²) in [5, 5.41) is 0. The molecule has 35 heavy (non-hydrogen) atoms. The van der Waals surface area contributed by atoms with Crippen LogP contribution in [-0.4, -0.2) is 59.0 Å². The third-order valence-corrected chi connectivity index (χ3v) is 5.88. The maximum Gasteiger partial charge on any atom is 0.254 e. The smallest absolute Gasteiger partial charge is 0.254 e. The maximum absolute atomic E-state index is 13.4. The van der Waals surface area contributed by atoms with Gasteiger partial charge < -0.3 is 19.1 Å². The number of hydrogen-bond donors (Lipinski definition) is 0. The largest absolute Gasteiger partial charge is 0.385 e. The number of rotatable bonds is 12. The highest BCUT2D eigenvalue weighted by Gasteiger charge is 2.24. The molecule has 6 nitrogen and oxygen atoms in total. The van der Waals surface area contributed by atoms with Gasteiger partial charge in [-0.2, -0.15) is 0 Å². The van der Waals surface area contributed by atoms with E-state index in [-0.39, 0.29) is 24.4 Å². The van der Waals surface area contributed by atoms with Gasteiger partial charge in [0.05, 0.1) is 6.54 Å². The van der Waals surface area contributed by atoms with Crippen molar-refractivity contribution >= 4 is 11.8 Å². The summed E-state index contributed by atoms with van der Waals surface area (Å²) in [6.45, 7) is 5.88. The predicted octanol–water partition coefficient (Wildman–Crippen LogP) is 4.59. The van der Waals surface area contributed by atoms with Crippen LogP contribution in [0, 0.1) is 5.82 Å². The summed E-state index contributed by atoms with van der Waals surface area (Å²) in [5.74, 6) is -0.848. The molecule has 2 aromatic carbocycles. The van der Waals surface area contributed by atoms with E-state index in [4.69, 9.17) is 4.74 Å². The number of benzene rings is 2. The molecule has 2 amide bonds. The van der Waals surface area contributed by atoms with Crippen molar-refractivity contribution in [3.8, 4) is 0 Å². The number of hydrogen-bond acceptors (Lipinski definition) is 3. The van der Waals surface area contributed by atoms with Gasteiger partial charge in [0.1, 0.15) is 12.4 Å². The van der Waals surface area contributed by atoms with E-state index in [0.29, 0.717) is 31.7 Å². The van der Waals surface area contributed by atoms with Gasteiger partial charge in [-0.1, -0.05) is 30.3 Å². The van der Waals surface area contributed by atoms with Crippen molar-refractivity contribution < 1.29 is 18.7 Å². The van der Waals surface area contributed by atoms with Gasteiger partial charge in [-0.15, -0.1) is 0 Å². The molecule has 0 aliphatic heterocycles. The zero-order valence-corrected chi connectivity index (χ0v) is 20.7. The first-order chi connectivity index (χ1) is 16.9. The third-order valence-electron chi connectivity index (χ3n) is 5.88. The lowest BCUT2D eigenvalue weighted by Gasteiger charge is -2.31. The fraction of sp³-hybridized carbons (Fsp3) is 0.357. The molecule has 3 rings (SSSR count). The Hall–Kier alpha value is -3.45. The Morgan fingerprint density at radius 2 is 1.71 bits per heavy atom. The predicted molar refractivity (Wildman–Crippen MR) is 134 cm³/mol. The van der Waals surface area contributed by atoms with Crippen LogP contribution in [0.5, 0.6) is 0 Å². The van der Waals surface area contributed by atoms with Gasteiger partial charge in [0.2, 0.25) is 5.91 Å². The molecule has 0 radical (unpaired) electrons.